The summed E-state index contributed by atoms with van der Waals surface area (Å²) in [6.45, 7) is 9.50. The van der Waals surface area contributed by atoms with Gasteiger partial charge in [0.25, 0.3) is 0 Å². The molecule has 0 radical (unpaired) electrons. The van der Waals surface area contributed by atoms with Gasteiger partial charge in [0, 0.05) is 13.1 Å². The monoisotopic (exact) mass is 292 g/mol. The van der Waals surface area contributed by atoms with Gasteiger partial charge in [-0.2, -0.15) is 0 Å². The second kappa shape index (κ2) is 11.7. The van der Waals surface area contributed by atoms with Crippen molar-refractivity contribution in [1.29, 1.82) is 0 Å². The van der Waals surface area contributed by atoms with Gasteiger partial charge in [-0.3, -0.25) is 0 Å². The first-order valence-corrected chi connectivity index (χ1v) is 9.37. The molecule has 0 aliphatic rings. The molecule has 0 aliphatic carbocycles. The molecule has 0 saturated carbocycles. The van der Waals surface area contributed by atoms with Crippen molar-refractivity contribution in [3.63, 3.8) is 0 Å². The Balaban J connectivity index is 4.18. The van der Waals surface area contributed by atoms with Crippen LogP contribution in [0.4, 0.5) is 0 Å². The van der Waals surface area contributed by atoms with Crippen LogP contribution in [0.15, 0.2) is 0 Å². The molecule has 4 nitrogen and oxygen atoms in total. The lowest BCUT2D eigenvalue weighted by Crippen LogP contribution is -2.35. The Morgan fingerprint density at radius 2 is 1.47 bits per heavy atom. The topological polar surface area (TPSA) is 49.4 Å². The molecule has 0 bridgehead atoms. The summed E-state index contributed by atoms with van der Waals surface area (Å²) in [6, 6.07) is 0. The molecule has 0 atom stereocenters. The molecule has 0 aromatic heterocycles. The molecule has 0 heterocycles. The molecule has 0 aliphatic heterocycles. The third-order valence-corrected chi connectivity index (χ3v) is 5.13. The molecule has 19 heavy (non-hydrogen) atoms. The second-order valence-corrected chi connectivity index (χ2v) is 7.07. The van der Waals surface area contributed by atoms with Crippen molar-refractivity contribution >= 4 is 10.0 Å². The molecule has 0 saturated heterocycles. The summed E-state index contributed by atoms with van der Waals surface area (Å²) >= 11 is 0. The highest BCUT2D eigenvalue weighted by Gasteiger charge is 2.20. The third kappa shape index (κ3) is 9.41. The molecule has 0 rings (SSSR count). The van der Waals surface area contributed by atoms with Gasteiger partial charge in [-0.1, -0.05) is 33.6 Å². The fourth-order valence-electron chi connectivity index (χ4n) is 1.90. The predicted molar refractivity (Wildman–Crippen MR) is 83.0 cm³/mol. The van der Waals surface area contributed by atoms with Crippen LogP contribution in [0.1, 0.15) is 59.3 Å². The van der Waals surface area contributed by atoms with Gasteiger partial charge >= 0.3 is 0 Å². The molecule has 0 spiro atoms. The molecular weight excluding hydrogens is 260 g/mol. The first-order valence-electron chi connectivity index (χ1n) is 7.77. The summed E-state index contributed by atoms with van der Waals surface area (Å²) in [4.78, 5) is 0. The van der Waals surface area contributed by atoms with Crippen LogP contribution in [0, 0.1) is 0 Å². The van der Waals surface area contributed by atoms with E-state index >= 15 is 0 Å². The number of nitrogens with zero attached hydrogens (tertiary/aromatic N) is 1. The van der Waals surface area contributed by atoms with Gasteiger partial charge in [0.2, 0.25) is 10.0 Å². The van der Waals surface area contributed by atoms with Crippen LogP contribution in [0.3, 0.4) is 0 Å². The Hall–Kier alpha value is -0.130. The highest BCUT2D eigenvalue weighted by Crippen LogP contribution is 2.09. The SMILES string of the molecule is CCCCN(CCCC)S(=O)(=O)CCCCNCC. The number of unbranched alkanes of at least 4 members (excludes halogenated alkanes) is 3. The minimum atomic E-state index is -3.05. The van der Waals surface area contributed by atoms with E-state index in [9.17, 15) is 8.42 Å². The molecule has 0 aromatic rings. The van der Waals surface area contributed by atoms with Gasteiger partial charge in [0.15, 0.2) is 0 Å². The molecule has 0 amide bonds. The molecule has 1 N–H and O–H groups in total. The lowest BCUT2D eigenvalue weighted by Gasteiger charge is -2.21. The van der Waals surface area contributed by atoms with Crippen LogP contribution < -0.4 is 5.32 Å². The van der Waals surface area contributed by atoms with E-state index in [2.05, 4.69) is 26.1 Å². The number of hydrogen-bond acceptors (Lipinski definition) is 3. The van der Waals surface area contributed by atoms with Crippen LogP contribution in [-0.4, -0.2) is 44.7 Å². The quantitative estimate of drug-likeness (QED) is 0.531. The van der Waals surface area contributed by atoms with Crippen molar-refractivity contribution in [3.8, 4) is 0 Å². The molecule has 0 fully saturated rings. The smallest absolute Gasteiger partial charge is 0.214 e. The first kappa shape index (κ1) is 18.9. The van der Waals surface area contributed by atoms with Crippen molar-refractivity contribution in [1.82, 2.24) is 9.62 Å². The van der Waals surface area contributed by atoms with E-state index in [-0.39, 0.29) is 0 Å². The molecular formula is C14H32N2O2S. The Morgan fingerprint density at radius 1 is 0.895 bits per heavy atom. The lowest BCUT2D eigenvalue weighted by atomic mass is 10.3. The van der Waals surface area contributed by atoms with Crippen LogP contribution in [0.2, 0.25) is 0 Å². The summed E-state index contributed by atoms with van der Waals surface area (Å²) in [5, 5.41) is 3.22. The lowest BCUT2D eigenvalue weighted by molar-refractivity contribution is 0.394. The zero-order valence-corrected chi connectivity index (χ0v) is 13.8. The van der Waals surface area contributed by atoms with Crippen LogP contribution in [0.5, 0.6) is 0 Å². The van der Waals surface area contributed by atoms with Gasteiger partial charge < -0.3 is 5.32 Å². The maximum Gasteiger partial charge on any atom is 0.214 e. The number of hydrogen-bond donors (Lipinski definition) is 1. The molecule has 0 unspecified atom stereocenters. The minimum Gasteiger partial charge on any atom is -0.317 e. The van der Waals surface area contributed by atoms with Gasteiger partial charge in [-0.05, 0) is 38.8 Å². The summed E-state index contributed by atoms with van der Waals surface area (Å²) in [5.74, 6) is 0.297. The van der Waals surface area contributed by atoms with Crippen molar-refractivity contribution in [2.24, 2.45) is 0 Å². The fraction of sp³-hybridized carbons (Fsp3) is 1.00. The summed E-state index contributed by atoms with van der Waals surface area (Å²) in [5.41, 5.74) is 0. The number of rotatable bonds is 13. The largest absolute Gasteiger partial charge is 0.317 e. The van der Waals surface area contributed by atoms with Crippen LogP contribution in [0.25, 0.3) is 0 Å². The van der Waals surface area contributed by atoms with Crippen molar-refractivity contribution < 1.29 is 8.42 Å². The maximum absolute atomic E-state index is 12.3. The van der Waals surface area contributed by atoms with Gasteiger partial charge in [0.05, 0.1) is 5.75 Å². The van der Waals surface area contributed by atoms with E-state index in [0.717, 1.165) is 51.6 Å². The Morgan fingerprint density at radius 3 is 1.95 bits per heavy atom. The minimum absolute atomic E-state index is 0.297. The molecule has 5 heteroatoms. The van der Waals surface area contributed by atoms with E-state index in [4.69, 9.17) is 0 Å². The fourth-order valence-corrected chi connectivity index (χ4v) is 3.54. The second-order valence-electron chi connectivity index (χ2n) is 4.98. The van der Waals surface area contributed by atoms with Crippen LogP contribution in [-0.2, 0) is 10.0 Å². The molecule has 116 valence electrons. The van der Waals surface area contributed by atoms with Crippen molar-refractivity contribution in [2.75, 3.05) is 31.9 Å². The van der Waals surface area contributed by atoms with Crippen molar-refractivity contribution in [3.05, 3.63) is 0 Å². The summed E-state index contributed by atoms with van der Waals surface area (Å²) < 4.78 is 26.3. The first-order chi connectivity index (χ1) is 9.08. The summed E-state index contributed by atoms with van der Waals surface area (Å²) in [7, 11) is -3.05. The highest BCUT2D eigenvalue weighted by atomic mass is 32.2. The third-order valence-electron chi connectivity index (χ3n) is 3.17. The Bertz CT molecular complexity index is 284. The van der Waals surface area contributed by atoms with Crippen molar-refractivity contribution in [2.45, 2.75) is 59.3 Å². The average molecular weight is 292 g/mol. The standard InChI is InChI=1S/C14H32N2O2S/c1-4-7-12-16(13-8-5-2)19(17,18)14-10-9-11-15-6-3/h15H,4-14H2,1-3H3. The van der Waals surface area contributed by atoms with E-state index in [1.54, 1.807) is 4.31 Å². The maximum atomic E-state index is 12.3. The zero-order chi connectivity index (χ0) is 14.6. The van der Waals surface area contributed by atoms with Gasteiger partial charge in [-0.25, -0.2) is 12.7 Å². The van der Waals surface area contributed by atoms with E-state index in [1.807, 2.05) is 0 Å². The van der Waals surface area contributed by atoms with E-state index < -0.39 is 10.0 Å². The predicted octanol–water partition coefficient (Wildman–Crippen LogP) is 2.61. The van der Waals surface area contributed by atoms with Gasteiger partial charge in [0.1, 0.15) is 0 Å². The van der Waals surface area contributed by atoms with Gasteiger partial charge in [-0.15, -0.1) is 0 Å². The number of sulfonamides is 1. The zero-order valence-electron chi connectivity index (χ0n) is 13.0. The normalized spacial score (nSPS) is 12.2. The average Bonchev–Trinajstić information content (AvgIpc) is 2.38. The highest BCUT2D eigenvalue weighted by molar-refractivity contribution is 7.89. The van der Waals surface area contributed by atoms with E-state index in [0.29, 0.717) is 18.8 Å². The van der Waals surface area contributed by atoms with Crippen LogP contribution >= 0.6 is 0 Å². The number of nitrogens with one attached hydrogen (secondary N) is 1. The Labute approximate surface area is 120 Å². The summed E-state index contributed by atoms with van der Waals surface area (Å²) in [6.07, 6.45) is 5.68. The van der Waals surface area contributed by atoms with E-state index in [1.165, 1.54) is 0 Å². The Kier molecular flexibility index (Phi) is 11.6. The molecule has 0 aromatic carbocycles.